The van der Waals surface area contributed by atoms with E-state index in [4.69, 9.17) is 5.73 Å². The molecule has 1 aliphatic heterocycles. The van der Waals surface area contributed by atoms with Crippen LogP contribution < -0.4 is 5.73 Å². The maximum absolute atomic E-state index is 12.7. The Bertz CT molecular complexity index is 597. The largest absolute Gasteiger partial charge is 0.327 e. The van der Waals surface area contributed by atoms with Gasteiger partial charge in [0.1, 0.15) is 0 Å². The first-order chi connectivity index (χ1) is 9.41. The van der Waals surface area contributed by atoms with Gasteiger partial charge in [0.2, 0.25) is 5.03 Å². The molecular weight excluding hydrogens is 346 g/mol. The first-order valence-corrected chi connectivity index (χ1v) is 8.95. The third kappa shape index (κ3) is 2.20. The van der Waals surface area contributed by atoms with Gasteiger partial charge in [-0.05, 0) is 40.6 Å². The van der Waals surface area contributed by atoms with Crippen LogP contribution in [0.1, 0.15) is 19.3 Å². The highest BCUT2D eigenvalue weighted by Crippen LogP contribution is 2.38. The van der Waals surface area contributed by atoms with Gasteiger partial charge < -0.3 is 5.73 Å². The van der Waals surface area contributed by atoms with E-state index >= 15 is 0 Å². The molecule has 7 nitrogen and oxygen atoms in total. The second-order valence-electron chi connectivity index (χ2n) is 5.65. The van der Waals surface area contributed by atoms with E-state index in [1.54, 1.807) is 7.05 Å². The van der Waals surface area contributed by atoms with E-state index < -0.39 is 10.0 Å². The topological polar surface area (TPSA) is 94.1 Å². The molecule has 2 heterocycles. The summed E-state index contributed by atoms with van der Waals surface area (Å²) in [7, 11) is -1.99. The Morgan fingerprint density at radius 1 is 1.35 bits per heavy atom. The second-order valence-corrected chi connectivity index (χ2v) is 8.25. The molecular formula is C11H18BrN5O2S. The van der Waals surface area contributed by atoms with Gasteiger partial charge in [0.15, 0.2) is 4.60 Å². The number of fused-ring (bicyclic) bond motifs is 1. The van der Waals surface area contributed by atoms with E-state index in [9.17, 15) is 8.42 Å². The average Bonchev–Trinajstić information content (AvgIpc) is 2.95. The van der Waals surface area contributed by atoms with Crippen LogP contribution in [0, 0.1) is 11.8 Å². The fourth-order valence-electron chi connectivity index (χ4n) is 3.39. The summed E-state index contributed by atoms with van der Waals surface area (Å²) in [4.78, 5) is 0. The smallest absolute Gasteiger partial charge is 0.263 e. The lowest BCUT2D eigenvalue weighted by Gasteiger charge is -2.29. The molecule has 1 aliphatic carbocycles. The average molecular weight is 364 g/mol. The Morgan fingerprint density at radius 2 is 2.10 bits per heavy atom. The standard InChI is InChI=1S/C11H18BrN5O2S/c1-16-11(10(12)14-15-16)20(18,19)17-5-7-3-2-4-9(13)8(7)6-17/h7-9H,2-6,13H2,1H3. The number of hydrogen-bond donors (Lipinski definition) is 1. The summed E-state index contributed by atoms with van der Waals surface area (Å²) >= 11 is 3.16. The minimum absolute atomic E-state index is 0.113. The first-order valence-electron chi connectivity index (χ1n) is 6.72. The lowest BCUT2D eigenvalue weighted by Crippen LogP contribution is -2.38. The van der Waals surface area contributed by atoms with Crippen molar-refractivity contribution in [1.29, 1.82) is 0 Å². The van der Waals surface area contributed by atoms with Crippen molar-refractivity contribution < 1.29 is 8.42 Å². The number of nitrogens with zero attached hydrogens (tertiary/aromatic N) is 4. The van der Waals surface area contributed by atoms with Gasteiger partial charge in [-0.3, -0.25) is 0 Å². The molecule has 20 heavy (non-hydrogen) atoms. The normalized spacial score (nSPS) is 31.4. The van der Waals surface area contributed by atoms with Gasteiger partial charge >= 0.3 is 0 Å². The van der Waals surface area contributed by atoms with Gasteiger partial charge in [0, 0.05) is 26.2 Å². The maximum Gasteiger partial charge on any atom is 0.263 e. The fourth-order valence-corrected chi connectivity index (χ4v) is 5.96. The molecule has 3 unspecified atom stereocenters. The molecule has 3 atom stereocenters. The number of nitrogens with two attached hydrogens (primary N) is 1. The van der Waals surface area contributed by atoms with Crippen LogP contribution in [0.15, 0.2) is 9.63 Å². The van der Waals surface area contributed by atoms with E-state index in [-0.39, 0.29) is 21.6 Å². The van der Waals surface area contributed by atoms with E-state index in [2.05, 4.69) is 26.2 Å². The monoisotopic (exact) mass is 363 g/mol. The molecule has 2 fully saturated rings. The molecule has 112 valence electrons. The highest BCUT2D eigenvalue weighted by Gasteiger charge is 2.44. The van der Waals surface area contributed by atoms with Crippen LogP contribution in [-0.4, -0.2) is 46.8 Å². The number of aryl methyl sites for hydroxylation is 1. The van der Waals surface area contributed by atoms with Gasteiger partial charge in [-0.15, -0.1) is 5.10 Å². The van der Waals surface area contributed by atoms with Gasteiger partial charge in [0.25, 0.3) is 10.0 Å². The van der Waals surface area contributed by atoms with E-state index in [0.717, 1.165) is 19.3 Å². The molecule has 0 bridgehead atoms. The first kappa shape index (κ1) is 14.4. The number of aromatic nitrogens is 3. The molecule has 2 N–H and O–H groups in total. The van der Waals surface area contributed by atoms with Crippen LogP contribution in [-0.2, 0) is 17.1 Å². The number of halogens is 1. The van der Waals surface area contributed by atoms with E-state index in [1.165, 1.54) is 8.99 Å². The van der Waals surface area contributed by atoms with E-state index in [0.29, 0.717) is 19.0 Å². The van der Waals surface area contributed by atoms with Crippen molar-refractivity contribution in [2.24, 2.45) is 24.6 Å². The molecule has 0 aromatic carbocycles. The molecule has 1 aromatic heterocycles. The summed E-state index contributed by atoms with van der Waals surface area (Å²) in [6, 6.07) is 0.113. The minimum Gasteiger partial charge on any atom is -0.327 e. The lowest BCUT2D eigenvalue weighted by molar-refractivity contribution is 0.260. The highest BCUT2D eigenvalue weighted by molar-refractivity contribution is 9.10. The van der Waals surface area contributed by atoms with Crippen LogP contribution in [0.5, 0.6) is 0 Å². The Hall–Kier alpha value is -0.510. The summed E-state index contributed by atoms with van der Waals surface area (Å²) in [6.45, 7) is 1.06. The van der Waals surface area contributed by atoms with Crippen LogP contribution in [0.3, 0.4) is 0 Å². The Balaban J connectivity index is 1.90. The SMILES string of the molecule is Cn1nnc(Br)c1S(=O)(=O)N1CC2CCCC(N)C2C1. The molecule has 0 radical (unpaired) electrons. The summed E-state index contributed by atoms with van der Waals surface area (Å²) in [5, 5.41) is 7.62. The minimum atomic E-state index is -3.57. The van der Waals surface area contributed by atoms with Crippen LogP contribution in [0.25, 0.3) is 0 Å². The molecule has 1 aromatic rings. The zero-order valence-corrected chi connectivity index (χ0v) is 13.6. The van der Waals surface area contributed by atoms with Crippen molar-refractivity contribution in [3.05, 3.63) is 4.60 Å². The van der Waals surface area contributed by atoms with Crippen LogP contribution in [0.2, 0.25) is 0 Å². The summed E-state index contributed by atoms with van der Waals surface area (Å²) in [5.74, 6) is 0.659. The zero-order chi connectivity index (χ0) is 14.5. The van der Waals surface area contributed by atoms with Gasteiger partial charge in [-0.1, -0.05) is 11.6 Å². The van der Waals surface area contributed by atoms with Crippen molar-refractivity contribution >= 4 is 26.0 Å². The van der Waals surface area contributed by atoms with Crippen molar-refractivity contribution in [1.82, 2.24) is 19.3 Å². The van der Waals surface area contributed by atoms with Crippen molar-refractivity contribution in [3.8, 4) is 0 Å². The predicted octanol–water partition coefficient (Wildman–Crippen LogP) is 0.326. The maximum atomic E-state index is 12.7. The fraction of sp³-hybridized carbons (Fsp3) is 0.818. The van der Waals surface area contributed by atoms with Crippen LogP contribution in [0.4, 0.5) is 0 Å². The molecule has 1 saturated heterocycles. The number of sulfonamides is 1. The zero-order valence-electron chi connectivity index (χ0n) is 11.2. The molecule has 3 rings (SSSR count). The summed E-state index contributed by atoms with van der Waals surface area (Å²) < 4.78 is 28.6. The predicted molar refractivity (Wildman–Crippen MR) is 76.3 cm³/mol. The van der Waals surface area contributed by atoms with Crippen molar-refractivity contribution in [3.63, 3.8) is 0 Å². The van der Waals surface area contributed by atoms with Gasteiger partial charge in [0.05, 0.1) is 0 Å². The number of rotatable bonds is 2. The molecule has 2 aliphatic rings. The van der Waals surface area contributed by atoms with Crippen molar-refractivity contribution in [2.45, 2.75) is 30.3 Å². The lowest BCUT2D eigenvalue weighted by atomic mass is 9.78. The van der Waals surface area contributed by atoms with Crippen molar-refractivity contribution in [2.75, 3.05) is 13.1 Å². The Morgan fingerprint density at radius 3 is 2.70 bits per heavy atom. The molecule has 9 heteroatoms. The highest BCUT2D eigenvalue weighted by atomic mass is 79.9. The second kappa shape index (κ2) is 5.04. The molecule has 0 amide bonds. The van der Waals surface area contributed by atoms with Gasteiger partial charge in [-0.2, -0.15) is 4.31 Å². The summed E-state index contributed by atoms with van der Waals surface area (Å²) in [6.07, 6.45) is 3.15. The Labute approximate surface area is 126 Å². The Kier molecular flexibility index (Phi) is 3.64. The molecule has 0 spiro atoms. The molecule has 1 saturated carbocycles. The third-order valence-electron chi connectivity index (χ3n) is 4.44. The quantitative estimate of drug-likeness (QED) is 0.816. The van der Waals surface area contributed by atoms with E-state index in [1.807, 2.05) is 0 Å². The van der Waals surface area contributed by atoms with Gasteiger partial charge in [-0.25, -0.2) is 13.1 Å². The summed E-state index contributed by atoms with van der Waals surface area (Å²) in [5.41, 5.74) is 6.14. The third-order valence-corrected chi connectivity index (χ3v) is 7.16. The van der Waals surface area contributed by atoms with Crippen LogP contribution >= 0.6 is 15.9 Å². The number of hydrogen-bond acceptors (Lipinski definition) is 5.